The van der Waals surface area contributed by atoms with Crippen molar-refractivity contribution < 1.29 is 27.9 Å². The molecule has 0 spiro atoms. The lowest BCUT2D eigenvalue weighted by molar-refractivity contribution is -0.137. The second-order valence-electron chi connectivity index (χ2n) is 4.83. The Morgan fingerprint density at radius 3 is 2.29 bits per heavy atom. The van der Waals surface area contributed by atoms with Crippen LogP contribution in [0.2, 0.25) is 0 Å². The average molecular weight is 335 g/mol. The molecule has 0 saturated carbocycles. The Morgan fingerprint density at radius 1 is 1.04 bits per heavy atom. The van der Waals surface area contributed by atoms with Crippen LogP contribution in [-0.4, -0.2) is 17.0 Å². The van der Waals surface area contributed by atoms with Crippen LogP contribution in [0.1, 0.15) is 21.5 Å². The predicted molar refractivity (Wildman–Crippen MR) is 82.5 cm³/mol. The van der Waals surface area contributed by atoms with E-state index in [1.165, 1.54) is 24.3 Å². The molecule has 1 amide bonds. The summed E-state index contributed by atoms with van der Waals surface area (Å²) in [5, 5.41) is 11.0. The highest BCUT2D eigenvalue weighted by molar-refractivity contribution is 6.04. The van der Waals surface area contributed by atoms with Crippen molar-refractivity contribution in [2.45, 2.75) is 6.18 Å². The smallest absolute Gasteiger partial charge is 0.416 e. The normalized spacial score (nSPS) is 11.5. The van der Waals surface area contributed by atoms with Gasteiger partial charge in [-0.2, -0.15) is 13.2 Å². The first kappa shape index (κ1) is 17.3. The molecule has 0 radical (unpaired) electrons. The molecular weight excluding hydrogens is 323 g/mol. The van der Waals surface area contributed by atoms with Gasteiger partial charge in [0.25, 0.3) is 5.91 Å². The highest BCUT2D eigenvalue weighted by Crippen LogP contribution is 2.29. The summed E-state index contributed by atoms with van der Waals surface area (Å²) in [6.07, 6.45) is -2.18. The van der Waals surface area contributed by atoms with E-state index in [1.807, 2.05) is 0 Å². The minimum absolute atomic E-state index is 0.111. The number of nitrogens with one attached hydrogen (secondary N) is 1. The van der Waals surface area contributed by atoms with Crippen LogP contribution in [-0.2, 0) is 11.0 Å². The molecule has 0 aliphatic heterocycles. The van der Waals surface area contributed by atoms with E-state index in [4.69, 9.17) is 5.11 Å². The van der Waals surface area contributed by atoms with Gasteiger partial charge in [-0.05, 0) is 42.0 Å². The van der Waals surface area contributed by atoms with Gasteiger partial charge in [-0.15, -0.1) is 0 Å². The maximum Gasteiger partial charge on any atom is 0.416 e. The molecule has 0 unspecified atom stereocenters. The summed E-state index contributed by atoms with van der Waals surface area (Å²) in [7, 11) is 0. The number of hydrogen-bond donors (Lipinski definition) is 2. The standard InChI is InChI=1S/C17H12F3NO3/c18-17(19,20)13-3-1-2-12(10-13)16(24)21-14-7-4-11(5-8-14)6-9-15(22)23/h1-10H,(H,21,24)(H,22,23)/b9-6+. The Bertz CT molecular complexity index is 780. The van der Waals surface area contributed by atoms with E-state index >= 15 is 0 Å². The van der Waals surface area contributed by atoms with Crippen LogP contribution in [0, 0.1) is 0 Å². The SMILES string of the molecule is O=C(O)/C=C/c1ccc(NC(=O)c2cccc(C(F)(F)F)c2)cc1. The van der Waals surface area contributed by atoms with Crippen molar-refractivity contribution >= 4 is 23.6 Å². The van der Waals surface area contributed by atoms with Crippen LogP contribution < -0.4 is 5.32 Å². The van der Waals surface area contributed by atoms with Gasteiger partial charge in [0, 0.05) is 17.3 Å². The second-order valence-corrected chi connectivity index (χ2v) is 4.83. The topological polar surface area (TPSA) is 66.4 Å². The predicted octanol–water partition coefficient (Wildman–Crippen LogP) is 4.06. The van der Waals surface area contributed by atoms with Crippen LogP contribution in [0.25, 0.3) is 6.08 Å². The number of halogens is 3. The van der Waals surface area contributed by atoms with E-state index in [9.17, 15) is 22.8 Å². The number of carboxylic acids is 1. The van der Waals surface area contributed by atoms with Gasteiger partial charge >= 0.3 is 12.1 Å². The molecule has 0 saturated heterocycles. The zero-order valence-electron chi connectivity index (χ0n) is 12.2. The summed E-state index contributed by atoms with van der Waals surface area (Å²) in [5.41, 5.74) is -0.0247. The van der Waals surface area contributed by atoms with Crippen molar-refractivity contribution in [1.82, 2.24) is 0 Å². The fourth-order valence-corrected chi connectivity index (χ4v) is 1.89. The minimum atomic E-state index is -4.52. The van der Waals surface area contributed by atoms with E-state index in [0.717, 1.165) is 24.3 Å². The maximum absolute atomic E-state index is 12.7. The summed E-state index contributed by atoms with van der Waals surface area (Å²) in [5.74, 6) is -1.76. The number of aliphatic carboxylic acids is 1. The Kier molecular flexibility index (Phi) is 5.03. The van der Waals surface area contributed by atoms with E-state index in [1.54, 1.807) is 12.1 Å². The summed E-state index contributed by atoms with van der Waals surface area (Å²) >= 11 is 0. The van der Waals surface area contributed by atoms with Crippen LogP contribution in [0.5, 0.6) is 0 Å². The number of amides is 1. The number of carbonyl (C=O) groups excluding carboxylic acids is 1. The molecule has 2 N–H and O–H groups in total. The minimum Gasteiger partial charge on any atom is -0.478 e. The molecule has 0 heterocycles. The van der Waals surface area contributed by atoms with Gasteiger partial charge in [-0.1, -0.05) is 18.2 Å². The Hall–Kier alpha value is -3.09. The van der Waals surface area contributed by atoms with E-state index < -0.39 is 23.6 Å². The Labute approximate surface area is 135 Å². The third kappa shape index (κ3) is 4.70. The van der Waals surface area contributed by atoms with Crippen molar-refractivity contribution in [1.29, 1.82) is 0 Å². The molecule has 0 aromatic heterocycles. The maximum atomic E-state index is 12.7. The van der Waals surface area contributed by atoms with Crippen molar-refractivity contribution in [3.05, 3.63) is 71.3 Å². The Morgan fingerprint density at radius 2 is 1.71 bits per heavy atom. The van der Waals surface area contributed by atoms with Crippen molar-refractivity contribution in [2.24, 2.45) is 0 Å². The quantitative estimate of drug-likeness (QED) is 0.828. The van der Waals surface area contributed by atoms with Gasteiger partial charge < -0.3 is 10.4 Å². The summed E-state index contributed by atoms with van der Waals surface area (Å²) < 4.78 is 38.0. The Balaban J connectivity index is 2.11. The van der Waals surface area contributed by atoms with E-state index in [2.05, 4.69) is 5.32 Å². The largest absolute Gasteiger partial charge is 0.478 e. The van der Waals surface area contributed by atoms with Gasteiger partial charge in [0.2, 0.25) is 0 Å². The third-order valence-electron chi connectivity index (χ3n) is 3.04. The lowest BCUT2D eigenvalue weighted by Crippen LogP contribution is -2.13. The molecule has 2 aromatic carbocycles. The van der Waals surface area contributed by atoms with Crippen LogP contribution in [0.4, 0.5) is 18.9 Å². The molecule has 0 atom stereocenters. The molecule has 4 nitrogen and oxygen atoms in total. The van der Waals surface area contributed by atoms with Gasteiger partial charge in [-0.3, -0.25) is 4.79 Å². The monoisotopic (exact) mass is 335 g/mol. The molecule has 2 rings (SSSR count). The third-order valence-corrected chi connectivity index (χ3v) is 3.04. The lowest BCUT2D eigenvalue weighted by atomic mass is 10.1. The number of carboxylic acid groups (broad SMARTS) is 1. The average Bonchev–Trinajstić information content (AvgIpc) is 2.53. The molecule has 0 aliphatic rings. The summed E-state index contributed by atoms with van der Waals surface area (Å²) in [6, 6.07) is 10.3. The van der Waals surface area contributed by atoms with Gasteiger partial charge in [0.15, 0.2) is 0 Å². The lowest BCUT2D eigenvalue weighted by Gasteiger charge is -2.09. The summed E-state index contributed by atoms with van der Waals surface area (Å²) in [4.78, 5) is 22.4. The first-order valence-corrected chi connectivity index (χ1v) is 6.75. The van der Waals surface area contributed by atoms with Crippen LogP contribution in [0.3, 0.4) is 0 Å². The number of alkyl halides is 3. The number of carbonyl (C=O) groups is 2. The van der Waals surface area contributed by atoms with E-state index in [-0.39, 0.29) is 5.56 Å². The number of benzene rings is 2. The van der Waals surface area contributed by atoms with Gasteiger partial charge in [0.1, 0.15) is 0 Å². The zero-order valence-corrected chi connectivity index (χ0v) is 12.2. The fourth-order valence-electron chi connectivity index (χ4n) is 1.89. The molecule has 0 bridgehead atoms. The van der Waals surface area contributed by atoms with E-state index in [0.29, 0.717) is 11.3 Å². The van der Waals surface area contributed by atoms with Crippen molar-refractivity contribution in [2.75, 3.05) is 5.32 Å². The van der Waals surface area contributed by atoms with Gasteiger partial charge in [0.05, 0.1) is 5.56 Å². The zero-order chi connectivity index (χ0) is 17.7. The van der Waals surface area contributed by atoms with Crippen LogP contribution >= 0.6 is 0 Å². The number of anilines is 1. The van der Waals surface area contributed by atoms with Crippen molar-refractivity contribution in [3.63, 3.8) is 0 Å². The molecule has 0 aliphatic carbocycles. The summed E-state index contributed by atoms with van der Waals surface area (Å²) in [6.45, 7) is 0. The molecule has 24 heavy (non-hydrogen) atoms. The first-order valence-electron chi connectivity index (χ1n) is 6.75. The molecular formula is C17H12F3NO3. The van der Waals surface area contributed by atoms with Crippen LogP contribution in [0.15, 0.2) is 54.6 Å². The number of rotatable bonds is 4. The highest BCUT2D eigenvalue weighted by Gasteiger charge is 2.30. The van der Waals surface area contributed by atoms with Crippen molar-refractivity contribution in [3.8, 4) is 0 Å². The molecule has 0 fully saturated rings. The first-order chi connectivity index (χ1) is 11.3. The molecule has 7 heteroatoms. The fraction of sp³-hybridized carbons (Fsp3) is 0.0588. The molecule has 2 aromatic rings. The molecule has 124 valence electrons. The number of hydrogen-bond acceptors (Lipinski definition) is 2. The second kappa shape index (κ2) is 6.99. The highest BCUT2D eigenvalue weighted by atomic mass is 19.4. The van der Waals surface area contributed by atoms with Gasteiger partial charge in [-0.25, -0.2) is 4.79 Å².